The fraction of sp³-hybridized carbons (Fsp3) is 0.294. The van der Waals surface area contributed by atoms with Crippen LogP contribution >= 0.6 is 0 Å². The second-order valence-electron chi connectivity index (χ2n) is 4.73. The highest BCUT2D eigenvalue weighted by Gasteiger charge is 2.22. The van der Waals surface area contributed by atoms with Gasteiger partial charge in [-0.2, -0.15) is 0 Å². The van der Waals surface area contributed by atoms with E-state index in [2.05, 4.69) is 27.1 Å². The summed E-state index contributed by atoms with van der Waals surface area (Å²) in [5, 5.41) is 5.68. The van der Waals surface area contributed by atoms with Crippen molar-refractivity contribution in [1.82, 2.24) is 15.6 Å². The van der Waals surface area contributed by atoms with Gasteiger partial charge in [0.2, 0.25) is 11.8 Å². The average Bonchev–Trinajstić information content (AvgIpc) is 2.69. The van der Waals surface area contributed by atoms with Crippen LogP contribution in [0.3, 0.4) is 0 Å². The second kappa shape index (κ2) is 12.3. The Morgan fingerprint density at radius 1 is 1.12 bits per heavy atom. The molecule has 1 atom stereocenters. The molecule has 0 spiro atoms. The van der Waals surface area contributed by atoms with Crippen molar-refractivity contribution in [2.45, 2.75) is 12.5 Å². The summed E-state index contributed by atoms with van der Waals surface area (Å²) in [4.78, 5) is 39.1. The molecule has 0 saturated carbocycles. The third kappa shape index (κ3) is 6.83. The normalized spacial score (nSPS) is 10.3. The lowest BCUT2D eigenvalue weighted by Crippen LogP contribution is -2.47. The van der Waals surface area contributed by atoms with Gasteiger partial charge in [-0.25, -0.2) is 0 Å². The Balaban J connectivity index is 0.00000146. The molecular formula is C17H26N6O3. The summed E-state index contributed by atoms with van der Waals surface area (Å²) in [5.74, 6) is -1.65. The molecule has 0 saturated heterocycles. The lowest BCUT2D eigenvalue weighted by Gasteiger charge is -2.15. The number of aromatic nitrogens is 1. The van der Waals surface area contributed by atoms with E-state index in [1.54, 1.807) is 6.07 Å². The van der Waals surface area contributed by atoms with E-state index in [0.29, 0.717) is 5.56 Å². The maximum Gasteiger partial charge on any atom is 0.253 e. The van der Waals surface area contributed by atoms with Crippen LogP contribution in [0.2, 0.25) is 0 Å². The summed E-state index contributed by atoms with van der Waals surface area (Å²) in [5.41, 5.74) is 15.2. The zero-order valence-corrected chi connectivity index (χ0v) is 15.2. The number of nitrogens with one attached hydrogen (secondary N) is 2. The monoisotopic (exact) mass is 362 g/mol. The van der Waals surface area contributed by atoms with Crippen molar-refractivity contribution in [3.8, 4) is 0 Å². The molecule has 0 fully saturated rings. The van der Waals surface area contributed by atoms with E-state index in [4.69, 9.17) is 5.73 Å². The topological polar surface area (TPSA) is 166 Å². The average molecular weight is 362 g/mol. The number of nitrogens with zero attached hydrogens (tertiary/aromatic N) is 1. The number of hydrogen-bond acceptors (Lipinski definition) is 6. The van der Waals surface area contributed by atoms with Crippen molar-refractivity contribution in [3.63, 3.8) is 0 Å². The molecule has 0 unspecified atom stereocenters. The Labute approximate surface area is 152 Å². The molecule has 142 valence electrons. The summed E-state index contributed by atoms with van der Waals surface area (Å²) < 4.78 is 0. The minimum atomic E-state index is -1.01. The number of pyridine rings is 1. The molecule has 0 bridgehead atoms. The van der Waals surface area contributed by atoms with E-state index in [1.807, 2.05) is 24.3 Å². The molecule has 2 aromatic rings. The number of fused-ring (bicyclic) bond motifs is 1. The predicted molar refractivity (Wildman–Crippen MR) is 101 cm³/mol. The maximum atomic E-state index is 12.2. The lowest BCUT2D eigenvalue weighted by atomic mass is 10.1. The summed E-state index contributed by atoms with van der Waals surface area (Å²) in [7, 11) is 4.42. The van der Waals surface area contributed by atoms with Gasteiger partial charge in [0.1, 0.15) is 6.04 Å². The van der Waals surface area contributed by atoms with Gasteiger partial charge in [-0.05, 0) is 26.2 Å². The van der Waals surface area contributed by atoms with Crippen LogP contribution in [0.1, 0.15) is 16.8 Å². The molecule has 26 heavy (non-hydrogen) atoms. The second-order valence-corrected chi connectivity index (χ2v) is 4.73. The van der Waals surface area contributed by atoms with Gasteiger partial charge in [-0.3, -0.25) is 19.4 Å². The van der Waals surface area contributed by atoms with Crippen molar-refractivity contribution < 1.29 is 14.4 Å². The molecule has 8 N–H and O–H groups in total. The van der Waals surface area contributed by atoms with Crippen LogP contribution in [0, 0.1) is 0 Å². The van der Waals surface area contributed by atoms with Crippen LogP contribution in [-0.2, 0) is 9.59 Å². The molecule has 2 rings (SSSR count). The molecule has 1 aromatic carbocycles. The minimum absolute atomic E-state index is 0.271. The number of rotatable bonds is 5. The molecule has 9 nitrogen and oxygen atoms in total. The van der Waals surface area contributed by atoms with E-state index >= 15 is 0 Å². The summed E-state index contributed by atoms with van der Waals surface area (Å²) >= 11 is 0. The van der Waals surface area contributed by atoms with Crippen molar-refractivity contribution in [1.29, 1.82) is 0 Å². The van der Waals surface area contributed by atoms with Gasteiger partial charge in [-0.15, -0.1) is 0 Å². The molecule has 1 aromatic heterocycles. The number of hydrogen-bond donors (Lipinski definition) is 5. The first-order valence-corrected chi connectivity index (χ1v) is 7.82. The van der Waals surface area contributed by atoms with Gasteiger partial charge < -0.3 is 27.8 Å². The maximum absolute atomic E-state index is 12.2. The van der Waals surface area contributed by atoms with Gasteiger partial charge >= 0.3 is 0 Å². The van der Waals surface area contributed by atoms with Gasteiger partial charge in [0, 0.05) is 18.6 Å². The van der Waals surface area contributed by atoms with Gasteiger partial charge in [0.25, 0.3) is 5.91 Å². The molecule has 1 heterocycles. The lowest BCUT2D eigenvalue weighted by molar-refractivity contribution is -0.126. The highest BCUT2D eigenvalue weighted by Crippen LogP contribution is 2.12. The number of amides is 3. The number of benzene rings is 1. The molecule has 9 heteroatoms. The van der Waals surface area contributed by atoms with E-state index < -0.39 is 23.8 Å². The van der Waals surface area contributed by atoms with Crippen molar-refractivity contribution in [3.05, 3.63) is 42.1 Å². The Morgan fingerprint density at radius 3 is 2.31 bits per heavy atom. The summed E-state index contributed by atoms with van der Waals surface area (Å²) in [6, 6.07) is 8.01. The Morgan fingerprint density at radius 2 is 1.73 bits per heavy atom. The van der Waals surface area contributed by atoms with Gasteiger partial charge in [0.05, 0.1) is 17.5 Å². The first-order chi connectivity index (χ1) is 12.5. The quantitative estimate of drug-likeness (QED) is 0.462. The summed E-state index contributed by atoms with van der Waals surface area (Å²) in [6.45, 7) is 0. The molecule has 3 amide bonds. The summed E-state index contributed by atoms with van der Waals surface area (Å²) in [6.07, 6.45) is 1.15. The van der Waals surface area contributed by atoms with E-state index in [1.165, 1.54) is 27.3 Å². The van der Waals surface area contributed by atoms with Crippen LogP contribution in [-0.4, -0.2) is 49.9 Å². The standard InChI is InChI=1S/C15H16N4O3.2CH5N/c1-17-15(22)12(7-13(16)20)19-14(21)10-6-9-4-2-3-5-11(9)18-8-10;2*1-2/h2-6,8,12H,7H2,1H3,(H2,16,20)(H,17,22)(H,19,21);2*2H2,1H3/t12-;;/m0../s1. The number of nitrogens with two attached hydrogens (primary N) is 3. The Kier molecular flexibility index (Phi) is 10.9. The number of carbonyl (C=O) groups excluding carboxylic acids is 3. The third-order valence-electron chi connectivity index (χ3n) is 3.13. The van der Waals surface area contributed by atoms with Gasteiger partial charge in [-0.1, -0.05) is 18.2 Å². The highest BCUT2D eigenvalue weighted by atomic mass is 16.2. The number of primary amides is 1. The van der Waals surface area contributed by atoms with Crippen LogP contribution in [0.25, 0.3) is 10.9 Å². The molecular weight excluding hydrogens is 336 g/mol. The number of para-hydroxylation sites is 1. The largest absolute Gasteiger partial charge is 0.370 e. The third-order valence-corrected chi connectivity index (χ3v) is 3.13. The smallest absolute Gasteiger partial charge is 0.253 e. The fourth-order valence-corrected chi connectivity index (χ4v) is 2.02. The molecule has 0 radical (unpaired) electrons. The first kappa shape index (κ1) is 23.0. The van der Waals surface area contributed by atoms with Crippen molar-refractivity contribution >= 4 is 28.6 Å². The van der Waals surface area contributed by atoms with Crippen molar-refractivity contribution in [2.24, 2.45) is 17.2 Å². The van der Waals surface area contributed by atoms with E-state index in [-0.39, 0.29) is 6.42 Å². The molecule has 0 aliphatic carbocycles. The Bertz CT molecular complexity index is 735. The first-order valence-electron chi connectivity index (χ1n) is 7.82. The van der Waals surface area contributed by atoms with E-state index in [0.717, 1.165) is 10.9 Å². The SMILES string of the molecule is CN.CN.CNC(=O)[C@H](CC(N)=O)NC(=O)c1cnc2ccccc2c1. The highest BCUT2D eigenvalue weighted by molar-refractivity contribution is 6.00. The van der Waals surface area contributed by atoms with Crippen LogP contribution in [0.5, 0.6) is 0 Å². The number of carbonyl (C=O) groups is 3. The predicted octanol–water partition coefficient (Wildman–Crippen LogP) is -0.896. The van der Waals surface area contributed by atoms with Crippen molar-refractivity contribution in [2.75, 3.05) is 21.1 Å². The molecule has 0 aliphatic rings. The zero-order chi connectivity index (χ0) is 20.1. The Hall–Kier alpha value is -3.04. The minimum Gasteiger partial charge on any atom is -0.370 e. The van der Waals surface area contributed by atoms with Gasteiger partial charge in [0.15, 0.2) is 0 Å². The zero-order valence-electron chi connectivity index (χ0n) is 15.2. The van der Waals surface area contributed by atoms with E-state index in [9.17, 15) is 14.4 Å². The number of likely N-dealkylation sites (N-methyl/N-ethyl adjacent to an activating group) is 1. The molecule has 0 aliphatic heterocycles. The van der Waals surface area contributed by atoms with Crippen LogP contribution in [0.4, 0.5) is 0 Å². The fourth-order valence-electron chi connectivity index (χ4n) is 2.02. The van der Waals surface area contributed by atoms with Crippen LogP contribution in [0.15, 0.2) is 36.5 Å². The van der Waals surface area contributed by atoms with Crippen LogP contribution < -0.4 is 27.8 Å².